The maximum Gasteiger partial charge on any atom is 0.240 e. The number of carbonyl (C=O) groups excluding carboxylic acids is 1. The monoisotopic (exact) mass is 336 g/mol. The first-order valence-corrected chi connectivity index (χ1v) is 9.48. The predicted molar refractivity (Wildman–Crippen MR) is 89.1 cm³/mol. The van der Waals surface area contributed by atoms with Gasteiger partial charge >= 0.3 is 0 Å². The first-order chi connectivity index (χ1) is 11.0. The molecule has 1 saturated heterocycles. The Balaban J connectivity index is 1.68. The molecular weight excluding hydrogens is 316 g/mol. The van der Waals surface area contributed by atoms with Gasteiger partial charge in [0.05, 0.1) is 29.1 Å². The zero-order valence-electron chi connectivity index (χ0n) is 13.0. The summed E-state index contributed by atoms with van der Waals surface area (Å²) in [5, 5.41) is 2.84. The minimum atomic E-state index is -2.93. The third-order valence-electron chi connectivity index (χ3n) is 4.03. The summed E-state index contributed by atoms with van der Waals surface area (Å²) in [6.07, 6.45) is 0. The highest BCUT2D eigenvalue weighted by Gasteiger charge is 2.23. The highest BCUT2D eigenvalue weighted by atomic mass is 32.2. The summed E-state index contributed by atoms with van der Waals surface area (Å²) in [5.74, 6) is 0.597. The van der Waals surface area contributed by atoms with Gasteiger partial charge in [-0.2, -0.15) is 0 Å². The molecule has 0 atom stereocenters. The van der Waals surface area contributed by atoms with E-state index >= 15 is 0 Å². The second-order valence-corrected chi connectivity index (χ2v) is 7.95. The van der Waals surface area contributed by atoms with E-state index in [9.17, 15) is 13.2 Å². The van der Waals surface area contributed by atoms with Crippen LogP contribution in [0.3, 0.4) is 0 Å². The second kappa shape index (κ2) is 6.29. The van der Waals surface area contributed by atoms with E-state index < -0.39 is 9.84 Å². The number of fused-ring (bicyclic) bond motifs is 1. The number of hydrogen-bond acceptors (Lipinski definition) is 5. The van der Waals surface area contributed by atoms with Crippen LogP contribution in [0.1, 0.15) is 6.92 Å². The SMILES string of the molecule is CCn1c(NC(=O)CN2CCS(=O)(=O)CC2)nc2ccccc21. The molecule has 0 bridgehead atoms. The Morgan fingerprint density at radius 2 is 1.96 bits per heavy atom. The normalized spacial score (nSPS) is 18.1. The molecule has 1 aliphatic heterocycles. The van der Waals surface area contributed by atoms with Crippen LogP contribution in [-0.2, 0) is 21.2 Å². The van der Waals surface area contributed by atoms with Crippen LogP contribution in [0.2, 0.25) is 0 Å². The smallest absolute Gasteiger partial charge is 0.240 e. The lowest BCUT2D eigenvalue weighted by atomic mass is 10.3. The first kappa shape index (κ1) is 15.9. The van der Waals surface area contributed by atoms with E-state index in [4.69, 9.17) is 0 Å². The Kier molecular flexibility index (Phi) is 4.36. The van der Waals surface area contributed by atoms with Crippen LogP contribution < -0.4 is 5.32 Å². The summed E-state index contributed by atoms with van der Waals surface area (Å²) in [6.45, 7) is 3.69. The minimum Gasteiger partial charge on any atom is -0.310 e. The van der Waals surface area contributed by atoms with Gasteiger partial charge < -0.3 is 4.57 Å². The van der Waals surface area contributed by atoms with Crippen LogP contribution in [0.25, 0.3) is 11.0 Å². The van der Waals surface area contributed by atoms with Crippen molar-refractivity contribution in [2.75, 3.05) is 36.5 Å². The maximum atomic E-state index is 12.2. The van der Waals surface area contributed by atoms with Gasteiger partial charge in [0.2, 0.25) is 11.9 Å². The maximum absolute atomic E-state index is 12.2. The van der Waals surface area contributed by atoms with E-state index in [1.54, 1.807) is 0 Å². The van der Waals surface area contributed by atoms with Crippen molar-refractivity contribution < 1.29 is 13.2 Å². The molecule has 0 saturated carbocycles. The van der Waals surface area contributed by atoms with Crippen molar-refractivity contribution >= 4 is 32.7 Å². The molecule has 7 nitrogen and oxygen atoms in total. The van der Waals surface area contributed by atoms with Crippen molar-refractivity contribution in [3.63, 3.8) is 0 Å². The van der Waals surface area contributed by atoms with Gasteiger partial charge in [0.15, 0.2) is 9.84 Å². The van der Waals surface area contributed by atoms with Crippen molar-refractivity contribution in [3.8, 4) is 0 Å². The molecular formula is C15H20N4O3S. The van der Waals surface area contributed by atoms with Gasteiger partial charge in [-0.3, -0.25) is 15.0 Å². The number of nitrogens with one attached hydrogen (secondary N) is 1. The Labute approximate surface area is 135 Å². The van der Waals surface area contributed by atoms with Crippen molar-refractivity contribution in [2.24, 2.45) is 0 Å². The Morgan fingerprint density at radius 1 is 1.26 bits per heavy atom. The van der Waals surface area contributed by atoms with Crippen molar-refractivity contribution in [1.29, 1.82) is 0 Å². The molecule has 1 aromatic heterocycles. The molecule has 1 N–H and O–H groups in total. The van der Waals surface area contributed by atoms with Crippen LogP contribution in [0.15, 0.2) is 24.3 Å². The van der Waals surface area contributed by atoms with Gasteiger partial charge in [0.1, 0.15) is 0 Å². The lowest BCUT2D eigenvalue weighted by Gasteiger charge is -2.25. The van der Waals surface area contributed by atoms with E-state index in [0.717, 1.165) is 11.0 Å². The van der Waals surface area contributed by atoms with E-state index in [1.807, 2.05) is 40.7 Å². The lowest BCUT2D eigenvalue weighted by Crippen LogP contribution is -2.44. The lowest BCUT2D eigenvalue weighted by molar-refractivity contribution is -0.117. The number of carbonyl (C=O) groups is 1. The van der Waals surface area contributed by atoms with Crippen LogP contribution in [-0.4, -0.2) is 59.9 Å². The average molecular weight is 336 g/mol. The molecule has 8 heteroatoms. The number of aromatic nitrogens is 2. The van der Waals surface area contributed by atoms with Gasteiger partial charge in [-0.25, -0.2) is 13.4 Å². The van der Waals surface area contributed by atoms with Crippen LogP contribution in [0, 0.1) is 0 Å². The Morgan fingerprint density at radius 3 is 2.65 bits per heavy atom. The minimum absolute atomic E-state index is 0.119. The predicted octanol–water partition coefficient (Wildman–Crippen LogP) is 0.725. The first-order valence-electron chi connectivity index (χ1n) is 7.66. The van der Waals surface area contributed by atoms with Crippen molar-refractivity contribution in [3.05, 3.63) is 24.3 Å². The standard InChI is InChI=1S/C15H20N4O3S/c1-2-19-13-6-4-3-5-12(13)16-15(19)17-14(20)11-18-7-9-23(21,22)10-8-18/h3-6H,2,7-11H2,1H3,(H,16,17,20). The molecule has 2 aromatic rings. The summed E-state index contributed by atoms with van der Waals surface area (Å²) in [4.78, 5) is 18.5. The third kappa shape index (κ3) is 3.53. The summed E-state index contributed by atoms with van der Waals surface area (Å²) < 4.78 is 24.8. The molecule has 0 radical (unpaired) electrons. The van der Waals surface area contributed by atoms with Crippen molar-refractivity contribution in [1.82, 2.24) is 14.5 Å². The molecule has 3 rings (SSSR count). The zero-order chi connectivity index (χ0) is 16.4. The number of sulfone groups is 1. The molecule has 0 spiro atoms. The van der Waals surface area contributed by atoms with Crippen LogP contribution in [0.5, 0.6) is 0 Å². The molecule has 1 fully saturated rings. The largest absolute Gasteiger partial charge is 0.310 e. The molecule has 0 aliphatic carbocycles. The average Bonchev–Trinajstić information content (AvgIpc) is 2.86. The quantitative estimate of drug-likeness (QED) is 0.889. The second-order valence-electron chi connectivity index (χ2n) is 5.64. The number of benzene rings is 1. The highest BCUT2D eigenvalue weighted by Crippen LogP contribution is 2.19. The summed E-state index contributed by atoms with van der Waals surface area (Å²) in [6, 6.07) is 7.73. The van der Waals surface area contributed by atoms with E-state index in [1.165, 1.54) is 0 Å². The van der Waals surface area contributed by atoms with E-state index in [-0.39, 0.29) is 24.0 Å². The third-order valence-corrected chi connectivity index (χ3v) is 5.64. The number of para-hydroxylation sites is 2. The van der Waals surface area contributed by atoms with Crippen LogP contribution in [0.4, 0.5) is 5.95 Å². The Hall–Kier alpha value is -1.93. The van der Waals surface area contributed by atoms with Gasteiger partial charge in [-0.15, -0.1) is 0 Å². The van der Waals surface area contributed by atoms with E-state index in [0.29, 0.717) is 25.6 Å². The van der Waals surface area contributed by atoms with Gasteiger partial charge in [0, 0.05) is 19.6 Å². The summed E-state index contributed by atoms with van der Waals surface area (Å²) in [7, 11) is -2.93. The molecule has 1 amide bonds. The molecule has 1 aliphatic rings. The molecule has 1 aromatic carbocycles. The fourth-order valence-electron chi connectivity index (χ4n) is 2.77. The fraction of sp³-hybridized carbons (Fsp3) is 0.467. The topological polar surface area (TPSA) is 84.3 Å². The fourth-order valence-corrected chi connectivity index (χ4v) is 4.04. The summed E-state index contributed by atoms with van der Waals surface area (Å²) in [5.41, 5.74) is 1.82. The molecule has 0 unspecified atom stereocenters. The van der Waals surface area contributed by atoms with Gasteiger partial charge in [0.25, 0.3) is 0 Å². The number of imidazole rings is 1. The molecule has 23 heavy (non-hydrogen) atoms. The summed E-state index contributed by atoms with van der Waals surface area (Å²) >= 11 is 0. The molecule has 124 valence electrons. The van der Waals surface area contributed by atoms with Gasteiger partial charge in [-0.05, 0) is 19.1 Å². The number of nitrogens with zero attached hydrogens (tertiary/aromatic N) is 3. The number of hydrogen-bond donors (Lipinski definition) is 1. The number of rotatable bonds is 4. The van der Waals surface area contributed by atoms with Crippen molar-refractivity contribution in [2.45, 2.75) is 13.5 Å². The number of aryl methyl sites for hydroxylation is 1. The highest BCUT2D eigenvalue weighted by molar-refractivity contribution is 7.91. The number of anilines is 1. The number of amides is 1. The van der Waals surface area contributed by atoms with Crippen LogP contribution >= 0.6 is 0 Å². The zero-order valence-corrected chi connectivity index (χ0v) is 13.8. The van der Waals surface area contributed by atoms with E-state index in [2.05, 4.69) is 10.3 Å². The molecule has 2 heterocycles. The van der Waals surface area contributed by atoms with Gasteiger partial charge in [-0.1, -0.05) is 12.1 Å². The Bertz CT molecular complexity index is 814.